The fourth-order valence-electron chi connectivity index (χ4n) is 3.18. The highest BCUT2D eigenvalue weighted by atomic mass is 35.5. The van der Waals surface area contributed by atoms with Crippen LogP contribution in [0.4, 0.5) is 0 Å². The second-order valence-corrected chi connectivity index (χ2v) is 8.54. The van der Waals surface area contributed by atoms with E-state index in [1.807, 2.05) is 24.4 Å². The molecule has 0 N–H and O–H groups in total. The molecule has 1 aromatic rings. The second kappa shape index (κ2) is 7.56. The summed E-state index contributed by atoms with van der Waals surface area (Å²) in [4.78, 5) is 40.2. The van der Waals surface area contributed by atoms with E-state index in [9.17, 15) is 14.4 Å². The molecule has 0 aromatic carbocycles. The van der Waals surface area contributed by atoms with Gasteiger partial charge in [-0.15, -0.1) is 34.7 Å². The van der Waals surface area contributed by atoms with Crippen LogP contribution in [0.3, 0.4) is 0 Å². The minimum absolute atomic E-state index is 0.0174. The van der Waals surface area contributed by atoms with Crippen LogP contribution in [0.5, 0.6) is 0 Å². The molecule has 3 atom stereocenters. The maximum absolute atomic E-state index is 12.6. The van der Waals surface area contributed by atoms with Crippen LogP contribution in [0.25, 0.3) is 0 Å². The van der Waals surface area contributed by atoms with E-state index in [2.05, 4.69) is 4.65 Å². The van der Waals surface area contributed by atoms with Gasteiger partial charge < -0.3 is 9.55 Å². The molecule has 1 saturated heterocycles. The summed E-state index contributed by atoms with van der Waals surface area (Å²) in [5.41, 5.74) is 0.620. The first-order valence-corrected chi connectivity index (χ1v) is 9.96. The smallest absolute Gasteiger partial charge is 0.378 e. The summed E-state index contributed by atoms with van der Waals surface area (Å²) < 4.78 is 4.36. The molecule has 2 radical (unpaired) electrons. The van der Waals surface area contributed by atoms with Crippen molar-refractivity contribution in [1.29, 1.82) is 0 Å². The lowest BCUT2D eigenvalue weighted by Crippen LogP contribution is -2.67. The number of thioether (sulfide) groups is 1. The lowest BCUT2D eigenvalue weighted by atomic mass is 9.87. The van der Waals surface area contributed by atoms with E-state index in [1.54, 1.807) is 0 Å². The SMILES string of the molecule is [B]OC(=O)C1C(CCl)=C(C)S[C@@H]2[C@H](CC(=O)Cc3cccs3)C(=O)N12. The molecule has 2 aliphatic heterocycles. The fraction of sp³-hybridized carbons (Fsp3) is 0.438. The number of carbonyl (C=O) groups excluding carboxylic acids is 3. The number of carbonyl (C=O) groups is 3. The number of β-lactam (4-membered cyclic amide) rings is 1. The van der Waals surface area contributed by atoms with Gasteiger partial charge in [-0.1, -0.05) is 6.07 Å². The summed E-state index contributed by atoms with van der Waals surface area (Å²) in [5, 5.41) is 1.65. The number of rotatable bonds is 6. The summed E-state index contributed by atoms with van der Waals surface area (Å²) >= 11 is 8.93. The van der Waals surface area contributed by atoms with Crippen LogP contribution in [-0.2, 0) is 25.5 Å². The maximum atomic E-state index is 12.6. The van der Waals surface area contributed by atoms with Crippen LogP contribution in [-0.4, -0.2) is 47.9 Å². The van der Waals surface area contributed by atoms with E-state index < -0.39 is 17.9 Å². The molecule has 25 heavy (non-hydrogen) atoms. The number of nitrogens with zero attached hydrogens (tertiary/aromatic N) is 1. The van der Waals surface area contributed by atoms with Crippen LogP contribution in [0.15, 0.2) is 28.0 Å². The van der Waals surface area contributed by atoms with Crippen LogP contribution in [0, 0.1) is 5.92 Å². The number of fused-ring (bicyclic) bond motifs is 1. The number of hydrogen-bond acceptors (Lipinski definition) is 6. The molecule has 2 aliphatic rings. The fourth-order valence-corrected chi connectivity index (χ4v) is 5.75. The third-order valence-corrected chi connectivity index (χ3v) is 7.01. The maximum Gasteiger partial charge on any atom is 0.378 e. The standard InChI is InChI=1S/C16H15BClNO4S2/c1-8-12(7-18)13(16(22)23-17)19-14(21)11(15(19)25-8)6-9(20)5-10-3-2-4-24-10/h2-4,11,13,15H,5-7H2,1H3/t11-,13?,15-/m1/s1. The number of allylic oxidation sites excluding steroid dienone is 1. The van der Waals surface area contributed by atoms with Crippen molar-refractivity contribution < 1.29 is 19.0 Å². The first-order valence-electron chi connectivity index (χ1n) is 7.67. The number of alkyl halides is 1. The highest BCUT2D eigenvalue weighted by Crippen LogP contribution is 2.48. The van der Waals surface area contributed by atoms with Crippen LogP contribution < -0.4 is 0 Å². The minimum Gasteiger partial charge on any atom is -0.542 e. The number of amides is 1. The van der Waals surface area contributed by atoms with Crippen molar-refractivity contribution in [2.45, 2.75) is 31.2 Å². The molecule has 3 heterocycles. The molecule has 0 saturated carbocycles. The zero-order valence-electron chi connectivity index (χ0n) is 13.4. The van der Waals surface area contributed by atoms with E-state index in [1.165, 1.54) is 28.0 Å². The van der Waals surface area contributed by atoms with E-state index in [0.29, 0.717) is 12.0 Å². The van der Waals surface area contributed by atoms with Crippen molar-refractivity contribution in [3.05, 3.63) is 32.9 Å². The highest BCUT2D eigenvalue weighted by molar-refractivity contribution is 8.03. The average molecular weight is 396 g/mol. The Morgan fingerprint density at radius 3 is 2.80 bits per heavy atom. The largest absolute Gasteiger partial charge is 0.542 e. The van der Waals surface area contributed by atoms with Crippen molar-refractivity contribution >= 4 is 60.4 Å². The molecule has 3 rings (SSSR count). The third-order valence-electron chi connectivity index (χ3n) is 4.43. The van der Waals surface area contributed by atoms with Crippen LogP contribution >= 0.6 is 34.7 Å². The topological polar surface area (TPSA) is 63.7 Å². The molecule has 0 spiro atoms. The predicted octanol–water partition coefficient (Wildman–Crippen LogP) is 2.29. The van der Waals surface area contributed by atoms with Crippen LogP contribution in [0.1, 0.15) is 18.2 Å². The van der Waals surface area contributed by atoms with E-state index in [-0.39, 0.29) is 29.4 Å². The molecule has 1 amide bonds. The van der Waals surface area contributed by atoms with Crippen molar-refractivity contribution in [3.8, 4) is 0 Å². The van der Waals surface area contributed by atoms with Crippen molar-refractivity contribution in [3.63, 3.8) is 0 Å². The summed E-state index contributed by atoms with van der Waals surface area (Å²) in [6, 6.07) is 2.90. The Hall–Kier alpha value is -1.25. The minimum atomic E-state index is -0.898. The van der Waals surface area contributed by atoms with Crippen molar-refractivity contribution in [2.75, 3.05) is 5.88 Å². The zero-order chi connectivity index (χ0) is 18.1. The number of hydrogen-bond donors (Lipinski definition) is 0. The Kier molecular flexibility index (Phi) is 5.60. The van der Waals surface area contributed by atoms with Gasteiger partial charge in [-0.3, -0.25) is 14.4 Å². The first kappa shape index (κ1) is 18.5. The Balaban J connectivity index is 1.75. The normalized spacial score (nSPS) is 25.4. The highest BCUT2D eigenvalue weighted by Gasteiger charge is 2.56. The Labute approximate surface area is 160 Å². The molecule has 0 bridgehead atoms. The monoisotopic (exact) mass is 395 g/mol. The van der Waals surface area contributed by atoms with Crippen LogP contribution in [0.2, 0.25) is 0 Å². The first-order chi connectivity index (χ1) is 12.0. The number of ketones is 1. The van der Waals surface area contributed by atoms with Gasteiger partial charge >= 0.3 is 14.0 Å². The van der Waals surface area contributed by atoms with Gasteiger partial charge in [-0.05, 0) is 28.8 Å². The molecule has 5 nitrogen and oxygen atoms in total. The van der Waals surface area contributed by atoms with Gasteiger partial charge in [-0.2, -0.15) is 0 Å². The molecule has 1 aromatic heterocycles. The Bertz CT molecular complexity index is 737. The molecule has 1 unspecified atom stereocenters. The average Bonchev–Trinajstić information content (AvgIpc) is 3.10. The molecule has 1 fully saturated rings. The molecular formula is C16H15BClNO4S2. The molecule has 9 heteroatoms. The second-order valence-electron chi connectivity index (χ2n) is 5.91. The summed E-state index contributed by atoms with van der Waals surface area (Å²) in [5.74, 6) is -1.25. The number of halogens is 1. The van der Waals surface area contributed by atoms with E-state index in [4.69, 9.17) is 19.7 Å². The summed E-state index contributed by atoms with van der Waals surface area (Å²) in [7, 11) is 5.02. The molecule has 0 aliphatic carbocycles. The summed E-state index contributed by atoms with van der Waals surface area (Å²) in [6.45, 7) is 1.85. The number of thiophene rings is 1. The molecular weight excluding hydrogens is 381 g/mol. The zero-order valence-corrected chi connectivity index (χ0v) is 15.8. The van der Waals surface area contributed by atoms with Gasteiger partial charge in [0.15, 0.2) is 6.04 Å². The van der Waals surface area contributed by atoms with Gasteiger partial charge in [0.1, 0.15) is 5.78 Å². The quantitative estimate of drug-likeness (QED) is 0.420. The van der Waals surface area contributed by atoms with E-state index in [0.717, 1.165) is 9.78 Å². The molecule has 130 valence electrons. The van der Waals surface area contributed by atoms with E-state index >= 15 is 0 Å². The van der Waals surface area contributed by atoms with Crippen molar-refractivity contribution in [1.82, 2.24) is 4.90 Å². The van der Waals surface area contributed by atoms with Gasteiger partial charge in [0.2, 0.25) is 5.91 Å². The summed E-state index contributed by atoms with van der Waals surface area (Å²) in [6.07, 6.45) is 0.494. The van der Waals surface area contributed by atoms with Gasteiger partial charge in [-0.25, -0.2) is 0 Å². The third kappa shape index (κ3) is 3.39. The Morgan fingerprint density at radius 1 is 1.44 bits per heavy atom. The Morgan fingerprint density at radius 2 is 2.20 bits per heavy atom. The van der Waals surface area contributed by atoms with Crippen molar-refractivity contribution in [2.24, 2.45) is 5.92 Å². The van der Waals surface area contributed by atoms with Gasteiger partial charge in [0.25, 0.3) is 0 Å². The number of Topliss-reactive ketones (excluding diaryl/α,β-unsaturated/α-hetero) is 1. The lowest BCUT2D eigenvalue weighted by Gasteiger charge is -2.52. The lowest BCUT2D eigenvalue weighted by molar-refractivity contribution is -0.162. The predicted molar refractivity (Wildman–Crippen MR) is 98.4 cm³/mol. The van der Waals surface area contributed by atoms with Gasteiger partial charge in [0, 0.05) is 23.6 Å². The van der Waals surface area contributed by atoms with Gasteiger partial charge in [0.05, 0.1) is 11.3 Å².